The Bertz CT molecular complexity index is 1460. The molecule has 0 aromatic heterocycles. The summed E-state index contributed by atoms with van der Waals surface area (Å²) in [4.78, 5) is 38.1. The highest BCUT2D eigenvalue weighted by Gasteiger charge is 2.19. The largest absolute Gasteiger partial charge is 0.462 e. The minimum absolute atomic E-state index is 0.0806. The zero-order chi connectivity index (χ0) is 53.6. The molecular weight excluding hydrogens is 913 g/mol. The van der Waals surface area contributed by atoms with Gasteiger partial charge in [-0.1, -0.05) is 279 Å². The summed E-state index contributed by atoms with van der Waals surface area (Å²) in [6, 6.07) is 0. The topological polar surface area (TPSA) is 78.9 Å². The van der Waals surface area contributed by atoms with E-state index in [0.717, 1.165) is 122 Å². The van der Waals surface area contributed by atoms with Gasteiger partial charge < -0.3 is 14.2 Å². The van der Waals surface area contributed by atoms with Gasteiger partial charge in [0.05, 0.1) is 0 Å². The molecule has 1 unspecified atom stereocenters. The second-order valence-corrected chi connectivity index (χ2v) is 20.6. The number of rotatable bonds is 56. The van der Waals surface area contributed by atoms with Crippen molar-refractivity contribution in [3.05, 3.63) is 97.2 Å². The third-order valence-corrected chi connectivity index (χ3v) is 13.3. The summed E-state index contributed by atoms with van der Waals surface area (Å²) in [7, 11) is 0. The predicted octanol–water partition coefficient (Wildman–Crippen LogP) is 21.3. The van der Waals surface area contributed by atoms with Crippen LogP contribution in [0.15, 0.2) is 97.2 Å². The van der Waals surface area contributed by atoms with Crippen molar-refractivity contribution in [1.29, 1.82) is 0 Å². The highest BCUT2D eigenvalue weighted by molar-refractivity contribution is 5.71. The number of unbranched alkanes of at least 4 members (excludes halogenated alkanes) is 29. The van der Waals surface area contributed by atoms with Crippen molar-refractivity contribution in [3.8, 4) is 0 Å². The van der Waals surface area contributed by atoms with Gasteiger partial charge in [0.15, 0.2) is 6.10 Å². The van der Waals surface area contributed by atoms with Gasteiger partial charge in [0.2, 0.25) is 0 Å². The van der Waals surface area contributed by atoms with Gasteiger partial charge in [-0.2, -0.15) is 0 Å². The normalized spacial score (nSPS) is 12.7. The summed E-state index contributed by atoms with van der Waals surface area (Å²) in [5.41, 5.74) is 0. The Morgan fingerprint density at radius 2 is 0.527 bits per heavy atom. The van der Waals surface area contributed by atoms with Crippen LogP contribution in [-0.2, 0) is 28.6 Å². The summed E-state index contributed by atoms with van der Waals surface area (Å²) < 4.78 is 16.8. The van der Waals surface area contributed by atoms with Crippen LogP contribution in [0, 0.1) is 0 Å². The molecular formula is C68H116O6. The Hall–Kier alpha value is -3.67. The number of hydrogen-bond donors (Lipinski definition) is 0. The summed E-state index contributed by atoms with van der Waals surface area (Å²) in [5, 5.41) is 0. The molecule has 0 amide bonds. The molecule has 0 fully saturated rings. The second kappa shape index (κ2) is 61.9. The zero-order valence-electron chi connectivity index (χ0n) is 48.6. The summed E-state index contributed by atoms with van der Waals surface area (Å²) in [6.07, 6.45) is 82.9. The van der Waals surface area contributed by atoms with Crippen LogP contribution in [0.1, 0.15) is 297 Å². The lowest BCUT2D eigenvalue weighted by atomic mass is 10.0. The average Bonchev–Trinajstić information content (AvgIpc) is 3.40. The third kappa shape index (κ3) is 59.2. The van der Waals surface area contributed by atoms with E-state index < -0.39 is 6.10 Å². The standard InChI is InChI=1S/C68H116O6/c1-4-7-10-13-16-19-21-23-25-27-29-30-31-32-33-34-35-36-37-38-40-41-43-45-47-49-52-55-58-61-67(70)73-64-65(63-72-66(69)60-57-54-51-18-15-12-9-6-3)74-68(71)62-59-56-53-50-48-46-44-42-39-28-26-24-22-20-17-14-11-8-5-2/h7-8,10-11,16-17,19-20,23-26,29-30,39,42,65H,4-6,9,12-15,18,21-22,27-28,31-38,40-41,43-64H2,1-3H3/b10-7-,11-8-,19-16-,20-17-,25-23-,26-24-,30-29-,42-39-. The van der Waals surface area contributed by atoms with Gasteiger partial charge in [0.25, 0.3) is 0 Å². The van der Waals surface area contributed by atoms with Gasteiger partial charge in [0.1, 0.15) is 13.2 Å². The molecule has 6 heteroatoms. The van der Waals surface area contributed by atoms with E-state index >= 15 is 0 Å². The maximum Gasteiger partial charge on any atom is 0.306 e. The van der Waals surface area contributed by atoms with Gasteiger partial charge in [-0.05, 0) is 96.3 Å². The Morgan fingerprint density at radius 1 is 0.284 bits per heavy atom. The molecule has 0 N–H and O–H groups in total. The van der Waals surface area contributed by atoms with E-state index in [0.29, 0.717) is 19.3 Å². The first kappa shape index (κ1) is 70.3. The molecule has 6 nitrogen and oxygen atoms in total. The molecule has 424 valence electrons. The predicted molar refractivity (Wildman–Crippen MR) is 320 cm³/mol. The van der Waals surface area contributed by atoms with Crippen LogP contribution in [0.4, 0.5) is 0 Å². The lowest BCUT2D eigenvalue weighted by molar-refractivity contribution is -0.167. The van der Waals surface area contributed by atoms with Crippen LogP contribution in [0.25, 0.3) is 0 Å². The molecule has 1 atom stereocenters. The van der Waals surface area contributed by atoms with Crippen LogP contribution in [0.5, 0.6) is 0 Å². The first-order chi connectivity index (χ1) is 36.5. The van der Waals surface area contributed by atoms with Crippen molar-refractivity contribution in [2.24, 2.45) is 0 Å². The van der Waals surface area contributed by atoms with E-state index in [-0.39, 0.29) is 31.1 Å². The highest BCUT2D eigenvalue weighted by Crippen LogP contribution is 2.16. The van der Waals surface area contributed by atoms with Crippen molar-refractivity contribution in [1.82, 2.24) is 0 Å². The van der Waals surface area contributed by atoms with Crippen molar-refractivity contribution in [3.63, 3.8) is 0 Å². The van der Waals surface area contributed by atoms with Crippen molar-refractivity contribution in [2.75, 3.05) is 13.2 Å². The second-order valence-electron chi connectivity index (χ2n) is 20.6. The average molecular weight is 1030 g/mol. The fourth-order valence-electron chi connectivity index (χ4n) is 8.72. The number of carbonyl (C=O) groups is 3. The van der Waals surface area contributed by atoms with E-state index in [1.807, 2.05) is 0 Å². The summed E-state index contributed by atoms with van der Waals surface area (Å²) >= 11 is 0. The fourth-order valence-corrected chi connectivity index (χ4v) is 8.72. The first-order valence-electron chi connectivity index (χ1n) is 31.2. The molecule has 0 radical (unpaired) electrons. The molecule has 0 bridgehead atoms. The monoisotopic (exact) mass is 1030 g/mol. The molecule has 0 rings (SSSR count). The van der Waals surface area contributed by atoms with E-state index in [9.17, 15) is 14.4 Å². The fraction of sp³-hybridized carbons (Fsp3) is 0.721. The molecule has 0 aliphatic carbocycles. The molecule has 0 aromatic rings. The number of allylic oxidation sites excluding steroid dienone is 16. The smallest absolute Gasteiger partial charge is 0.306 e. The van der Waals surface area contributed by atoms with E-state index in [2.05, 4.69) is 118 Å². The zero-order valence-corrected chi connectivity index (χ0v) is 48.6. The first-order valence-corrected chi connectivity index (χ1v) is 31.2. The number of esters is 3. The van der Waals surface area contributed by atoms with Crippen molar-refractivity contribution < 1.29 is 28.6 Å². The Morgan fingerprint density at radius 3 is 0.824 bits per heavy atom. The van der Waals surface area contributed by atoms with Gasteiger partial charge in [-0.3, -0.25) is 14.4 Å². The highest BCUT2D eigenvalue weighted by atomic mass is 16.6. The Kier molecular flexibility index (Phi) is 58.8. The number of carbonyl (C=O) groups excluding carboxylic acids is 3. The van der Waals surface area contributed by atoms with Gasteiger partial charge in [-0.25, -0.2) is 0 Å². The minimum atomic E-state index is -0.782. The van der Waals surface area contributed by atoms with E-state index in [4.69, 9.17) is 14.2 Å². The number of ether oxygens (including phenoxy) is 3. The Labute approximate surface area is 457 Å². The third-order valence-electron chi connectivity index (χ3n) is 13.3. The molecule has 0 saturated carbocycles. The van der Waals surface area contributed by atoms with Crippen molar-refractivity contribution >= 4 is 17.9 Å². The van der Waals surface area contributed by atoms with Gasteiger partial charge in [0, 0.05) is 19.3 Å². The van der Waals surface area contributed by atoms with Crippen molar-refractivity contribution in [2.45, 2.75) is 303 Å². The molecule has 74 heavy (non-hydrogen) atoms. The van der Waals surface area contributed by atoms with Crippen LogP contribution in [0.2, 0.25) is 0 Å². The summed E-state index contributed by atoms with van der Waals surface area (Å²) in [5.74, 6) is -0.891. The van der Waals surface area contributed by atoms with Gasteiger partial charge >= 0.3 is 17.9 Å². The summed E-state index contributed by atoms with van der Waals surface area (Å²) in [6.45, 7) is 6.39. The Balaban J connectivity index is 4.14. The number of hydrogen-bond acceptors (Lipinski definition) is 6. The van der Waals surface area contributed by atoms with E-state index in [1.165, 1.54) is 135 Å². The lowest BCUT2D eigenvalue weighted by Gasteiger charge is -2.18. The van der Waals surface area contributed by atoms with Crippen LogP contribution in [0.3, 0.4) is 0 Å². The molecule has 0 aliphatic rings. The maximum atomic E-state index is 12.8. The lowest BCUT2D eigenvalue weighted by Crippen LogP contribution is -2.30. The van der Waals surface area contributed by atoms with Crippen LogP contribution in [-0.4, -0.2) is 37.2 Å². The molecule has 0 saturated heterocycles. The minimum Gasteiger partial charge on any atom is -0.462 e. The molecule has 0 heterocycles. The van der Waals surface area contributed by atoms with Crippen LogP contribution < -0.4 is 0 Å². The molecule has 0 aliphatic heterocycles. The SMILES string of the molecule is CC/C=C\C/C=C\C/C=C\C/C=C\CCCCCCCCCCCCCCCCCCC(=O)OCC(COC(=O)CCCCCCCCCC)OC(=O)CCCCCCCC/C=C\C/C=C\C/C=C\C/C=C\CC. The maximum absolute atomic E-state index is 12.8. The molecule has 0 aromatic carbocycles. The quantitative estimate of drug-likeness (QED) is 0.0261. The van der Waals surface area contributed by atoms with Crippen LogP contribution >= 0.6 is 0 Å². The van der Waals surface area contributed by atoms with Gasteiger partial charge in [-0.15, -0.1) is 0 Å². The molecule has 0 spiro atoms. The van der Waals surface area contributed by atoms with E-state index in [1.54, 1.807) is 0 Å².